The van der Waals surface area contributed by atoms with E-state index in [2.05, 4.69) is 15.9 Å². The van der Waals surface area contributed by atoms with Crippen LogP contribution in [0.25, 0.3) is 0 Å². The smallest absolute Gasteiger partial charge is 0.134 e. The molecule has 21 heavy (non-hydrogen) atoms. The Hall–Kier alpha value is -1.10. The summed E-state index contributed by atoms with van der Waals surface area (Å²) in [7, 11) is 0. The molecular weight excluding hydrogens is 357 g/mol. The molecule has 110 valence electrons. The number of hydrogen-bond donors (Lipinski definition) is 1. The monoisotopic (exact) mass is 369 g/mol. The first-order chi connectivity index (χ1) is 9.89. The molecule has 1 unspecified atom stereocenters. The van der Waals surface area contributed by atoms with Gasteiger partial charge < -0.3 is 10.5 Å². The Kier molecular flexibility index (Phi) is 3.72. The van der Waals surface area contributed by atoms with Crippen LogP contribution >= 0.6 is 27.5 Å². The van der Waals surface area contributed by atoms with Gasteiger partial charge in [0, 0.05) is 33.1 Å². The molecule has 2 aromatic carbocycles. The third-order valence-corrected chi connectivity index (χ3v) is 4.62. The predicted molar refractivity (Wildman–Crippen MR) is 85.1 cm³/mol. The van der Waals surface area contributed by atoms with Gasteiger partial charge in [0.05, 0.1) is 0 Å². The van der Waals surface area contributed by atoms with Crippen molar-refractivity contribution >= 4 is 27.5 Å². The number of rotatable bonds is 1. The van der Waals surface area contributed by atoms with Crippen LogP contribution < -0.4 is 10.5 Å². The predicted octanol–water partition coefficient (Wildman–Crippen LogP) is 4.94. The first kappa shape index (κ1) is 14.8. The molecule has 1 heterocycles. The average Bonchev–Trinajstić information content (AvgIpc) is 2.39. The standard InChI is InChI=1S/C16H14BrClFNO/c1-16(12-4-2-9(17)6-13(12)18)8-14(20)11-7-10(19)3-5-15(11)21-16/h2-7,14H,8,20H2,1H3/t14-,16?/m1/s1. The number of benzene rings is 2. The molecule has 0 saturated carbocycles. The zero-order valence-electron chi connectivity index (χ0n) is 11.4. The van der Waals surface area contributed by atoms with Crippen molar-refractivity contribution in [3.8, 4) is 5.75 Å². The fraction of sp³-hybridized carbons (Fsp3) is 0.250. The second kappa shape index (κ2) is 5.27. The number of halogens is 3. The molecule has 2 N–H and O–H groups in total. The number of fused-ring (bicyclic) bond motifs is 1. The van der Waals surface area contributed by atoms with Crippen LogP contribution in [0.4, 0.5) is 4.39 Å². The zero-order valence-corrected chi connectivity index (χ0v) is 13.7. The SMILES string of the molecule is CC1(c2ccc(Br)cc2Cl)C[C@@H](N)c2cc(F)ccc2O1. The van der Waals surface area contributed by atoms with Gasteiger partial charge in [-0.3, -0.25) is 0 Å². The average molecular weight is 371 g/mol. The van der Waals surface area contributed by atoms with Crippen LogP contribution in [0.1, 0.15) is 30.5 Å². The summed E-state index contributed by atoms with van der Waals surface area (Å²) in [6.45, 7) is 1.95. The highest BCUT2D eigenvalue weighted by Crippen LogP contribution is 2.45. The van der Waals surface area contributed by atoms with Gasteiger partial charge in [0.25, 0.3) is 0 Å². The Morgan fingerprint density at radius 3 is 2.81 bits per heavy atom. The van der Waals surface area contributed by atoms with Gasteiger partial charge in [-0.2, -0.15) is 0 Å². The minimum atomic E-state index is -0.637. The summed E-state index contributed by atoms with van der Waals surface area (Å²) in [4.78, 5) is 0. The number of nitrogens with two attached hydrogens (primary N) is 1. The molecule has 5 heteroatoms. The van der Waals surface area contributed by atoms with Crippen molar-refractivity contribution in [1.82, 2.24) is 0 Å². The second-order valence-corrected chi connectivity index (χ2v) is 6.77. The van der Waals surface area contributed by atoms with Gasteiger partial charge >= 0.3 is 0 Å². The molecule has 1 aliphatic heterocycles. The van der Waals surface area contributed by atoms with Crippen LogP contribution in [0.2, 0.25) is 5.02 Å². The maximum atomic E-state index is 13.4. The van der Waals surface area contributed by atoms with E-state index in [4.69, 9.17) is 22.1 Å². The summed E-state index contributed by atoms with van der Waals surface area (Å²) in [5, 5.41) is 0.615. The molecule has 0 radical (unpaired) electrons. The maximum absolute atomic E-state index is 13.4. The third kappa shape index (κ3) is 2.68. The van der Waals surface area contributed by atoms with Crippen molar-refractivity contribution in [3.63, 3.8) is 0 Å². The molecule has 1 aliphatic rings. The maximum Gasteiger partial charge on any atom is 0.134 e. The molecule has 0 fully saturated rings. The summed E-state index contributed by atoms with van der Waals surface area (Å²) in [6.07, 6.45) is 0.533. The van der Waals surface area contributed by atoms with Crippen molar-refractivity contribution in [2.24, 2.45) is 5.73 Å². The van der Waals surface area contributed by atoms with Gasteiger partial charge in [0.1, 0.15) is 17.2 Å². The van der Waals surface area contributed by atoms with E-state index in [1.165, 1.54) is 12.1 Å². The second-order valence-electron chi connectivity index (χ2n) is 5.45. The van der Waals surface area contributed by atoms with E-state index in [0.29, 0.717) is 22.8 Å². The fourth-order valence-corrected chi connectivity index (χ4v) is 3.67. The normalized spacial score (nSPS) is 24.3. The van der Waals surface area contributed by atoms with Crippen LogP contribution in [0.15, 0.2) is 40.9 Å². The molecule has 0 bridgehead atoms. The first-order valence-corrected chi connectivity index (χ1v) is 7.76. The molecule has 2 atom stereocenters. The van der Waals surface area contributed by atoms with Crippen LogP contribution in [-0.4, -0.2) is 0 Å². The molecule has 2 aromatic rings. The van der Waals surface area contributed by atoms with Crippen molar-refractivity contribution < 1.29 is 9.13 Å². The van der Waals surface area contributed by atoms with E-state index in [1.807, 2.05) is 25.1 Å². The van der Waals surface area contributed by atoms with Crippen molar-refractivity contribution in [3.05, 3.63) is 62.8 Å². The number of hydrogen-bond acceptors (Lipinski definition) is 2. The molecule has 0 saturated heterocycles. The first-order valence-electron chi connectivity index (χ1n) is 6.59. The highest BCUT2D eigenvalue weighted by molar-refractivity contribution is 9.10. The van der Waals surface area contributed by atoms with E-state index < -0.39 is 5.60 Å². The summed E-state index contributed by atoms with van der Waals surface area (Å²) >= 11 is 9.73. The van der Waals surface area contributed by atoms with Gasteiger partial charge in [-0.05, 0) is 37.3 Å². The van der Waals surface area contributed by atoms with Gasteiger partial charge in [0.15, 0.2) is 0 Å². The van der Waals surface area contributed by atoms with E-state index in [9.17, 15) is 4.39 Å². The Bertz CT molecular complexity index is 709. The zero-order chi connectivity index (χ0) is 15.2. The highest BCUT2D eigenvalue weighted by Gasteiger charge is 2.38. The van der Waals surface area contributed by atoms with Gasteiger partial charge in [0.2, 0.25) is 0 Å². The largest absolute Gasteiger partial charge is 0.482 e. The van der Waals surface area contributed by atoms with E-state index >= 15 is 0 Å². The fourth-order valence-electron chi connectivity index (χ4n) is 2.80. The molecule has 0 aromatic heterocycles. The molecule has 0 spiro atoms. The van der Waals surface area contributed by atoms with E-state index in [1.54, 1.807) is 6.07 Å². The van der Waals surface area contributed by atoms with Crippen LogP contribution in [0.5, 0.6) is 5.75 Å². The summed E-state index contributed by atoms with van der Waals surface area (Å²) in [5.41, 5.74) is 7.14. The molecule has 3 rings (SSSR count). The van der Waals surface area contributed by atoms with Gasteiger partial charge in [-0.1, -0.05) is 33.6 Å². The van der Waals surface area contributed by atoms with E-state index in [0.717, 1.165) is 10.0 Å². The summed E-state index contributed by atoms with van der Waals surface area (Å²) in [5.74, 6) is 0.301. The van der Waals surface area contributed by atoms with Crippen LogP contribution in [0.3, 0.4) is 0 Å². The highest BCUT2D eigenvalue weighted by atomic mass is 79.9. The van der Waals surface area contributed by atoms with Crippen molar-refractivity contribution in [2.75, 3.05) is 0 Å². The quantitative estimate of drug-likeness (QED) is 0.771. The van der Waals surface area contributed by atoms with Gasteiger partial charge in [-0.25, -0.2) is 4.39 Å². The van der Waals surface area contributed by atoms with Crippen molar-refractivity contribution in [2.45, 2.75) is 25.0 Å². The molecule has 0 aliphatic carbocycles. The third-order valence-electron chi connectivity index (χ3n) is 3.82. The molecule has 2 nitrogen and oxygen atoms in total. The summed E-state index contributed by atoms with van der Waals surface area (Å²) < 4.78 is 20.4. The minimum Gasteiger partial charge on any atom is -0.482 e. The Balaban J connectivity index is 2.06. The lowest BCUT2D eigenvalue weighted by Crippen LogP contribution is -2.38. The Morgan fingerprint density at radius 2 is 2.10 bits per heavy atom. The Morgan fingerprint density at radius 1 is 1.33 bits per heavy atom. The minimum absolute atomic E-state index is 0.297. The van der Waals surface area contributed by atoms with Gasteiger partial charge in [-0.15, -0.1) is 0 Å². The topological polar surface area (TPSA) is 35.2 Å². The lowest BCUT2D eigenvalue weighted by Gasteiger charge is -2.39. The van der Waals surface area contributed by atoms with E-state index in [-0.39, 0.29) is 11.9 Å². The lowest BCUT2D eigenvalue weighted by molar-refractivity contribution is 0.0510. The summed E-state index contributed by atoms with van der Waals surface area (Å²) in [6, 6.07) is 9.80. The van der Waals surface area contributed by atoms with Crippen molar-refractivity contribution in [1.29, 1.82) is 0 Å². The molecule has 0 amide bonds. The van der Waals surface area contributed by atoms with Crippen LogP contribution in [-0.2, 0) is 5.60 Å². The Labute approximate surface area is 136 Å². The van der Waals surface area contributed by atoms with Crippen LogP contribution in [0, 0.1) is 5.82 Å². The number of ether oxygens (including phenoxy) is 1. The molecular formula is C16H14BrClFNO. The lowest BCUT2D eigenvalue weighted by atomic mass is 9.84.